The van der Waals surface area contributed by atoms with E-state index < -0.39 is 0 Å². The third-order valence-electron chi connectivity index (χ3n) is 3.47. The average molecular weight is 247 g/mol. The van der Waals surface area contributed by atoms with E-state index in [4.69, 9.17) is 4.74 Å². The standard InChI is InChI=1S/C15H21NO2/c1-15(2,3)12-7-5-11(6-8-12)14(17)16-9-13(10-16)18-4/h5-8,13H,9-10H2,1-4H3. The lowest BCUT2D eigenvalue weighted by Gasteiger charge is -2.38. The summed E-state index contributed by atoms with van der Waals surface area (Å²) >= 11 is 0. The van der Waals surface area contributed by atoms with Gasteiger partial charge in [-0.25, -0.2) is 0 Å². The van der Waals surface area contributed by atoms with Crippen molar-refractivity contribution in [2.75, 3.05) is 20.2 Å². The molecule has 0 bridgehead atoms. The van der Waals surface area contributed by atoms with Crippen molar-refractivity contribution in [2.45, 2.75) is 32.3 Å². The Labute approximate surface area is 109 Å². The maximum absolute atomic E-state index is 12.1. The van der Waals surface area contributed by atoms with Crippen molar-refractivity contribution in [3.8, 4) is 0 Å². The molecule has 0 atom stereocenters. The first-order valence-electron chi connectivity index (χ1n) is 6.34. The molecule has 2 rings (SSSR count). The molecule has 0 aromatic heterocycles. The van der Waals surface area contributed by atoms with Gasteiger partial charge in [-0.2, -0.15) is 0 Å². The molecule has 1 fully saturated rings. The number of rotatable bonds is 2. The number of benzene rings is 1. The predicted molar refractivity (Wildman–Crippen MR) is 71.8 cm³/mol. The fourth-order valence-electron chi connectivity index (χ4n) is 2.05. The lowest BCUT2D eigenvalue weighted by atomic mass is 9.86. The number of hydrogen-bond donors (Lipinski definition) is 0. The summed E-state index contributed by atoms with van der Waals surface area (Å²) in [5.41, 5.74) is 2.13. The second-order valence-electron chi connectivity index (χ2n) is 5.90. The fourth-order valence-corrected chi connectivity index (χ4v) is 2.05. The van der Waals surface area contributed by atoms with Gasteiger partial charge < -0.3 is 9.64 Å². The third kappa shape index (κ3) is 2.56. The molecular weight excluding hydrogens is 226 g/mol. The van der Waals surface area contributed by atoms with Gasteiger partial charge in [0.15, 0.2) is 0 Å². The van der Waals surface area contributed by atoms with Crippen molar-refractivity contribution < 1.29 is 9.53 Å². The van der Waals surface area contributed by atoms with Gasteiger partial charge in [0.25, 0.3) is 5.91 Å². The normalized spacial score (nSPS) is 16.6. The van der Waals surface area contributed by atoms with Crippen LogP contribution in [0, 0.1) is 0 Å². The van der Waals surface area contributed by atoms with E-state index in [-0.39, 0.29) is 17.4 Å². The number of likely N-dealkylation sites (tertiary alicyclic amines) is 1. The van der Waals surface area contributed by atoms with E-state index in [0.717, 1.165) is 5.56 Å². The van der Waals surface area contributed by atoms with Crippen molar-refractivity contribution in [1.82, 2.24) is 4.90 Å². The Morgan fingerprint density at radius 3 is 2.22 bits per heavy atom. The van der Waals surface area contributed by atoms with Crippen molar-refractivity contribution in [3.63, 3.8) is 0 Å². The van der Waals surface area contributed by atoms with Gasteiger partial charge in [0.1, 0.15) is 0 Å². The van der Waals surface area contributed by atoms with Gasteiger partial charge in [0.2, 0.25) is 0 Å². The minimum Gasteiger partial charge on any atom is -0.378 e. The van der Waals surface area contributed by atoms with E-state index in [0.29, 0.717) is 13.1 Å². The summed E-state index contributed by atoms with van der Waals surface area (Å²) < 4.78 is 5.17. The SMILES string of the molecule is COC1CN(C(=O)c2ccc(C(C)(C)C)cc2)C1. The summed E-state index contributed by atoms with van der Waals surface area (Å²) in [6, 6.07) is 7.92. The molecular formula is C15H21NO2. The van der Waals surface area contributed by atoms with Crippen LogP contribution in [0.1, 0.15) is 36.7 Å². The molecule has 1 aliphatic heterocycles. The van der Waals surface area contributed by atoms with E-state index in [9.17, 15) is 4.79 Å². The molecule has 0 spiro atoms. The van der Waals surface area contributed by atoms with Crippen molar-refractivity contribution in [1.29, 1.82) is 0 Å². The van der Waals surface area contributed by atoms with Gasteiger partial charge in [0.05, 0.1) is 6.10 Å². The first-order chi connectivity index (χ1) is 8.41. The predicted octanol–water partition coefficient (Wildman–Crippen LogP) is 2.45. The Hall–Kier alpha value is -1.35. The van der Waals surface area contributed by atoms with Gasteiger partial charge >= 0.3 is 0 Å². The maximum Gasteiger partial charge on any atom is 0.254 e. The smallest absolute Gasteiger partial charge is 0.254 e. The summed E-state index contributed by atoms with van der Waals surface area (Å²) in [4.78, 5) is 13.9. The van der Waals surface area contributed by atoms with Gasteiger partial charge in [-0.1, -0.05) is 32.9 Å². The Balaban J connectivity index is 2.04. The molecule has 0 N–H and O–H groups in total. The van der Waals surface area contributed by atoms with Gasteiger partial charge in [-0.3, -0.25) is 4.79 Å². The largest absolute Gasteiger partial charge is 0.378 e. The van der Waals surface area contributed by atoms with E-state index in [2.05, 4.69) is 20.8 Å². The lowest BCUT2D eigenvalue weighted by Crippen LogP contribution is -2.54. The Morgan fingerprint density at radius 1 is 1.22 bits per heavy atom. The van der Waals surface area contributed by atoms with Crippen LogP contribution in [0.2, 0.25) is 0 Å². The second-order valence-corrected chi connectivity index (χ2v) is 5.90. The molecule has 1 saturated heterocycles. The zero-order valence-electron chi connectivity index (χ0n) is 11.6. The first-order valence-corrected chi connectivity index (χ1v) is 6.34. The topological polar surface area (TPSA) is 29.5 Å². The summed E-state index contributed by atoms with van der Waals surface area (Å²) in [6.07, 6.45) is 0.211. The molecule has 0 unspecified atom stereocenters. The molecule has 98 valence electrons. The molecule has 3 heteroatoms. The number of ether oxygens (including phenoxy) is 1. The number of carbonyl (C=O) groups is 1. The lowest BCUT2D eigenvalue weighted by molar-refractivity contribution is -0.0191. The summed E-state index contributed by atoms with van der Waals surface area (Å²) in [5.74, 6) is 0.101. The Morgan fingerprint density at radius 2 is 1.78 bits per heavy atom. The number of amides is 1. The minimum atomic E-state index is 0.101. The summed E-state index contributed by atoms with van der Waals surface area (Å²) in [5, 5.41) is 0. The zero-order valence-corrected chi connectivity index (χ0v) is 11.6. The van der Waals surface area contributed by atoms with E-state index in [1.165, 1.54) is 5.56 Å². The molecule has 18 heavy (non-hydrogen) atoms. The van der Waals surface area contributed by atoms with Crippen LogP contribution in [0.15, 0.2) is 24.3 Å². The Kier molecular flexibility index (Phi) is 3.44. The Bertz CT molecular complexity index is 425. The molecule has 1 heterocycles. The molecule has 1 amide bonds. The molecule has 0 saturated carbocycles. The van der Waals surface area contributed by atoms with Gasteiger partial charge in [-0.05, 0) is 23.1 Å². The second kappa shape index (κ2) is 4.73. The van der Waals surface area contributed by atoms with Crippen LogP contribution in [0.5, 0.6) is 0 Å². The summed E-state index contributed by atoms with van der Waals surface area (Å²) in [7, 11) is 1.69. The van der Waals surface area contributed by atoms with E-state index in [1.54, 1.807) is 7.11 Å². The zero-order chi connectivity index (χ0) is 13.3. The number of hydrogen-bond acceptors (Lipinski definition) is 2. The van der Waals surface area contributed by atoms with Crippen LogP contribution in [0.25, 0.3) is 0 Å². The van der Waals surface area contributed by atoms with Gasteiger partial charge in [0, 0.05) is 25.8 Å². The number of methoxy groups -OCH3 is 1. The van der Waals surface area contributed by atoms with E-state index in [1.807, 2.05) is 29.2 Å². The molecule has 0 radical (unpaired) electrons. The minimum absolute atomic E-state index is 0.101. The highest BCUT2D eigenvalue weighted by molar-refractivity contribution is 5.94. The van der Waals surface area contributed by atoms with Crippen LogP contribution >= 0.6 is 0 Å². The average Bonchev–Trinajstić information content (AvgIpc) is 2.26. The molecule has 1 aromatic rings. The quantitative estimate of drug-likeness (QED) is 0.803. The van der Waals surface area contributed by atoms with Crippen molar-refractivity contribution in [2.24, 2.45) is 0 Å². The van der Waals surface area contributed by atoms with Crippen molar-refractivity contribution in [3.05, 3.63) is 35.4 Å². The fraction of sp³-hybridized carbons (Fsp3) is 0.533. The summed E-state index contributed by atoms with van der Waals surface area (Å²) in [6.45, 7) is 7.92. The van der Waals surface area contributed by atoms with E-state index >= 15 is 0 Å². The van der Waals surface area contributed by atoms with Crippen molar-refractivity contribution >= 4 is 5.91 Å². The van der Waals surface area contributed by atoms with Crippen LogP contribution in [-0.4, -0.2) is 37.1 Å². The highest BCUT2D eigenvalue weighted by atomic mass is 16.5. The van der Waals surface area contributed by atoms with Crippen LogP contribution < -0.4 is 0 Å². The number of nitrogens with zero attached hydrogens (tertiary/aromatic N) is 1. The molecule has 1 aromatic carbocycles. The maximum atomic E-state index is 12.1. The highest BCUT2D eigenvalue weighted by Gasteiger charge is 2.31. The third-order valence-corrected chi connectivity index (χ3v) is 3.47. The molecule has 3 nitrogen and oxygen atoms in total. The monoisotopic (exact) mass is 247 g/mol. The highest BCUT2D eigenvalue weighted by Crippen LogP contribution is 2.23. The van der Waals surface area contributed by atoms with Crippen LogP contribution in [0.4, 0.5) is 0 Å². The van der Waals surface area contributed by atoms with Crippen LogP contribution in [-0.2, 0) is 10.2 Å². The van der Waals surface area contributed by atoms with Gasteiger partial charge in [-0.15, -0.1) is 0 Å². The molecule has 1 aliphatic rings. The molecule has 0 aliphatic carbocycles. The first kappa shape index (κ1) is 13.1. The van der Waals surface area contributed by atoms with Crippen LogP contribution in [0.3, 0.4) is 0 Å². The number of carbonyl (C=O) groups excluding carboxylic acids is 1.